The fourth-order valence-corrected chi connectivity index (χ4v) is 6.48. The minimum atomic E-state index is -0.155. The lowest BCUT2D eigenvalue weighted by atomic mass is 10.2. The highest BCUT2D eigenvalue weighted by molar-refractivity contribution is 8.16. The molecule has 1 saturated heterocycles. The van der Waals surface area contributed by atoms with Gasteiger partial charge < -0.3 is 10.1 Å². The maximum atomic E-state index is 12.3. The average Bonchev–Trinajstić information content (AvgIpc) is 3.39. The van der Waals surface area contributed by atoms with Crippen LogP contribution < -0.4 is 10.1 Å². The van der Waals surface area contributed by atoms with Gasteiger partial charge in [-0.15, -0.1) is 23.5 Å². The fraction of sp³-hybridized carbons (Fsp3) is 0.500. The van der Waals surface area contributed by atoms with Gasteiger partial charge in [0, 0.05) is 6.07 Å². The lowest BCUT2D eigenvalue weighted by Gasteiger charge is -2.21. The molecule has 2 heterocycles. The fourth-order valence-electron chi connectivity index (χ4n) is 3.58. The maximum absolute atomic E-state index is 12.3. The third-order valence-electron chi connectivity index (χ3n) is 4.96. The van der Waals surface area contributed by atoms with Gasteiger partial charge in [-0.25, -0.2) is 4.68 Å². The molecule has 1 aromatic heterocycles. The Labute approximate surface area is 168 Å². The Morgan fingerprint density at radius 1 is 1.11 bits per heavy atom. The summed E-state index contributed by atoms with van der Waals surface area (Å²) in [5.41, 5.74) is 1.32. The van der Waals surface area contributed by atoms with Crippen LogP contribution in [0.3, 0.4) is 0 Å². The first-order valence-electron chi connectivity index (χ1n) is 9.59. The van der Waals surface area contributed by atoms with Gasteiger partial charge in [0.05, 0.1) is 16.8 Å². The Kier molecular flexibility index (Phi) is 6.29. The molecule has 0 unspecified atom stereocenters. The molecule has 1 aromatic carbocycles. The molecule has 0 bridgehead atoms. The SMILES string of the molecule is O=C(COc1ccc(C2SCCCS2)cc1)Nc1ccnn1C1CCCC1. The molecule has 0 atom stereocenters. The van der Waals surface area contributed by atoms with Crippen molar-refractivity contribution in [3.05, 3.63) is 42.1 Å². The van der Waals surface area contributed by atoms with Crippen LogP contribution in [-0.4, -0.2) is 33.8 Å². The summed E-state index contributed by atoms with van der Waals surface area (Å²) in [5, 5.41) is 7.31. The van der Waals surface area contributed by atoms with Crippen LogP contribution >= 0.6 is 23.5 Å². The number of benzene rings is 1. The van der Waals surface area contributed by atoms with Crippen LogP contribution in [0.5, 0.6) is 5.75 Å². The molecular weight excluding hydrogens is 378 g/mol. The Bertz CT molecular complexity index is 751. The van der Waals surface area contributed by atoms with Crippen LogP contribution in [0.1, 0.15) is 48.3 Å². The van der Waals surface area contributed by atoms with Crippen molar-refractivity contribution in [3.8, 4) is 5.75 Å². The highest BCUT2D eigenvalue weighted by atomic mass is 32.2. The van der Waals surface area contributed by atoms with Crippen LogP contribution in [0.4, 0.5) is 5.82 Å². The van der Waals surface area contributed by atoms with Gasteiger partial charge >= 0.3 is 0 Å². The van der Waals surface area contributed by atoms with Gasteiger partial charge in [0.2, 0.25) is 0 Å². The van der Waals surface area contributed by atoms with Crippen molar-refractivity contribution in [1.82, 2.24) is 9.78 Å². The first-order chi connectivity index (χ1) is 13.3. The van der Waals surface area contributed by atoms with Crippen molar-refractivity contribution in [1.29, 1.82) is 0 Å². The Morgan fingerprint density at radius 2 is 1.85 bits per heavy atom. The van der Waals surface area contributed by atoms with Crippen molar-refractivity contribution in [3.63, 3.8) is 0 Å². The number of carbonyl (C=O) groups is 1. The minimum Gasteiger partial charge on any atom is -0.484 e. The zero-order valence-electron chi connectivity index (χ0n) is 15.3. The predicted molar refractivity (Wildman–Crippen MR) is 113 cm³/mol. The van der Waals surface area contributed by atoms with Crippen LogP contribution in [0.15, 0.2) is 36.5 Å². The monoisotopic (exact) mass is 403 g/mol. The summed E-state index contributed by atoms with van der Waals surface area (Å²) in [6.07, 6.45) is 7.76. The van der Waals surface area contributed by atoms with E-state index in [1.54, 1.807) is 6.20 Å². The summed E-state index contributed by atoms with van der Waals surface area (Å²) in [4.78, 5) is 12.3. The van der Waals surface area contributed by atoms with Crippen molar-refractivity contribution < 1.29 is 9.53 Å². The molecule has 0 spiro atoms. The zero-order valence-corrected chi connectivity index (χ0v) is 16.9. The molecule has 1 aliphatic carbocycles. The number of hydrogen-bond donors (Lipinski definition) is 1. The van der Waals surface area contributed by atoms with Gasteiger partial charge in [-0.2, -0.15) is 5.10 Å². The lowest BCUT2D eigenvalue weighted by Crippen LogP contribution is -2.23. The van der Waals surface area contributed by atoms with Crippen molar-refractivity contribution in [2.24, 2.45) is 0 Å². The van der Waals surface area contributed by atoms with E-state index in [2.05, 4.69) is 22.5 Å². The lowest BCUT2D eigenvalue weighted by molar-refractivity contribution is -0.118. The standard InChI is InChI=1S/C20H25N3O2S2/c24-19(22-18-10-11-21-23(18)16-4-1-2-5-16)14-25-17-8-6-15(7-9-17)20-26-12-3-13-27-20/h6-11,16,20H,1-5,12-14H2,(H,22,24). The molecule has 1 aliphatic heterocycles. The zero-order chi connectivity index (χ0) is 18.5. The predicted octanol–water partition coefficient (Wildman–Crippen LogP) is 4.88. The molecule has 144 valence electrons. The van der Waals surface area contributed by atoms with E-state index < -0.39 is 0 Å². The van der Waals surface area contributed by atoms with Gasteiger partial charge in [-0.3, -0.25) is 4.79 Å². The number of nitrogens with zero attached hydrogens (tertiary/aromatic N) is 2. The first kappa shape index (κ1) is 18.7. The second-order valence-corrected chi connectivity index (χ2v) is 9.66. The number of anilines is 1. The van der Waals surface area contributed by atoms with E-state index in [9.17, 15) is 4.79 Å². The molecule has 27 heavy (non-hydrogen) atoms. The number of ether oxygens (including phenoxy) is 1. The van der Waals surface area contributed by atoms with Crippen molar-refractivity contribution in [2.75, 3.05) is 23.4 Å². The summed E-state index contributed by atoms with van der Waals surface area (Å²) in [5.74, 6) is 3.79. The Balaban J connectivity index is 1.28. The van der Waals surface area contributed by atoms with Gasteiger partial charge in [-0.1, -0.05) is 25.0 Å². The van der Waals surface area contributed by atoms with E-state index >= 15 is 0 Å². The number of nitrogens with one attached hydrogen (secondary N) is 1. The molecule has 4 rings (SSSR count). The molecule has 7 heteroatoms. The summed E-state index contributed by atoms with van der Waals surface area (Å²) in [6.45, 7) is 0.00211. The molecule has 2 aromatic rings. The highest BCUT2D eigenvalue weighted by Crippen LogP contribution is 2.43. The summed E-state index contributed by atoms with van der Waals surface area (Å²) < 4.78 is 8.13. The number of thioether (sulfide) groups is 2. The second-order valence-electron chi connectivity index (χ2n) is 6.93. The Hall–Kier alpha value is -1.60. The van der Waals surface area contributed by atoms with Crippen LogP contribution in [0.25, 0.3) is 0 Å². The van der Waals surface area contributed by atoms with E-state index in [1.807, 2.05) is 46.4 Å². The van der Waals surface area contributed by atoms with Gasteiger partial charge in [0.1, 0.15) is 11.6 Å². The second kappa shape index (κ2) is 9.06. The topological polar surface area (TPSA) is 56.1 Å². The quantitative estimate of drug-likeness (QED) is 0.745. The molecule has 1 N–H and O–H groups in total. The van der Waals surface area contributed by atoms with E-state index in [1.165, 1.54) is 36.3 Å². The number of aromatic nitrogens is 2. The summed E-state index contributed by atoms with van der Waals surface area (Å²) >= 11 is 4.01. The number of hydrogen-bond acceptors (Lipinski definition) is 5. The first-order valence-corrected chi connectivity index (χ1v) is 11.7. The van der Waals surface area contributed by atoms with Crippen molar-refractivity contribution in [2.45, 2.75) is 42.7 Å². The summed E-state index contributed by atoms with van der Waals surface area (Å²) in [6, 6.07) is 10.4. The van der Waals surface area contributed by atoms with Crippen LogP contribution in [0, 0.1) is 0 Å². The van der Waals surface area contributed by atoms with Gasteiger partial charge in [-0.05, 0) is 48.5 Å². The van der Waals surface area contributed by atoms with Gasteiger partial charge in [0.25, 0.3) is 5.91 Å². The maximum Gasteiger partial charge on any atom is 0.263 e. The third-order valence-corrected chi connectivity index (χ3v) is 7.97. The number of rotatable bonds is 6. The van der Waals surface area contributed by atoms with Gasteiger partial charge in [0.15, 0.2) is 6.61 Å². The van der Waals surface area contributed by atoms with E-state index in [0.717, 1.165) is 24.4 Å². The van der Waals surface area contributed by atoms with Crippen molar-refractivity contribution >= 4 is 35.2 Å². The average molecular weight is 404 g/mol. The highest BCUT2D eigenvalue weighted by Gasteiger charge is 2.20. The summed E-state index contributed by atoms with van der Waals surface area (Å²) in [7, 11) is 0. The molecular formula is C20H25N3O2S2. The Morgan fingerprint density at radius 3 is 2.59 bits per heavy atom. The largest absolute Gasteiger partial charge is 0.484 e. The van der Waals surface area contributed by atoms with E-state index in [0.29, 0.717) is 10.6 Å². The minimum absolute atomic E-state index is 0.00211. The number of carbonyl (C=O) groups excluding carboxylic acids is 1. The molecule has 1 amide bonds. The number of amides is 1. The van der Waals surface area contributed by atoms with Crippen LogP contribution in [-0.2, 0) is 4.79 Å². The molecule has 1 saturated carbocycles. The normalized spacial score (nSPS) is 18.5. The van der Waals surface area contributed by atoms with E-state index in [4.69, 9.17) is 4.74 Å². The third kappa shape index (κ3) is 4.82. The molecule has 2 aliphatic rings. The van der Waals surface area contributed by atoms with Crippen LogP contribution in [0.2, 0.25) is 0 Å². The molecule has 2 fully saturated rings. The van der Waals surface area contributed by atoms with E-state index in [-0.39, 0.29) is 12.5 Å². The smallest absolute Gasteiger partial charge is 0.263 e. The molecule has 5 nitrogen and oxygen atoms in total. The molecule has 0 radical (unpaired) electrons.